The molecule has 0 atom stereocenters. The molecule has 0 spiro atoms. The summed E-state index contributed by atoms with van der Waals surface area (Å²) in [5.41, 5.74) is 5.11. The molecular weight excluding hydrogens is 172 g/mol. The van der Waals surface area contributed by atoms with Crippen LogP contribution in [0.5, 0.6) is 0 Å². The Morgan fingerprint density at radius 1 is 1.07 bits per heavy atom. The minimum Gasteiger partial charge on any atom is -0.457 e. The van der Waals surface area contributed by atoms with Crippen LogP contribution >= 0.6 is 0 Å². The predicted octanol–water partition coefficient (Wildman–Crippen LogP) is 4.29. The second kappa shape index (κ2) is 2.75. The molecule has 0 amide bonds. The van der Waals surface area contributed by atoms with Crippen molar-refractivity contribution in [2.45, 2.75) is 46.0 Å². The Morgan fingerprint density at radius 2 is 1.64 bits per heavy atom. The molecule has 0 radical (unpaired) electrons. The number of hydrogen-bond donors (Lipinski definition) is 0. The summed E-state index contributed by atoms with van der Waals surface area (Å²) in [6.07, 6.45) is 0. The molecule has 2 aromatic heterocycles. The number of benzene rings is 1. The highest BCUT2D eigenvalue weighted by Gasteiger charge is 2.27. The molecule has 0 unspecified atom stereocenters. The van der Waals surface area contributed by atoms with Crippen molar-refractivity contribution >= 4 is 11.2 Å². The van der Waals surface area contributed by atoms with Gasteiger partial charge in [-0.2, -0.15) is 0 Å². The van der Waals surface area contributed by atoms with Crippen molar-refractivity contribution in [1.82, 2.24) is 0 Å². The van der Waals surface area contributed by atoms with Crippen molar-refractivity contribution in [2.24, 2.45) is 0 Å². The highest BCUT2D eigenvalue weighted by atomic mass is 16.3. The van der Waals surface area contributed by atoms with Crippen LogP contribution in [0.1, 0.15) is 51.7 Å². The van der Waals surface area contributed by atoms with Crippen LogP contribution in [0.15, 0.2) is 16.5 Å². The van der Waals surface area contributed by atoms with Gasteiger partial charge in [0.15, 0.2) is 0 Å². The quantitative estimate of drug-likeness (QED) is 0.653. The molecule has 2 heterocycles. The average molecular weight is 190 g/mol. The van der Waals surface area contributed by atoms with Crippen LogP contribution in [-0.2, 0) is 5.41 Å². The van der Waals surface area contributed by atoms with Gasteiger partial charge in [-0.25, -0.2) is 0 Å². The highest BCUT2D eigenvalue weighted by molar-refractivity contribution is 5.74. The van der Waals surface area contributed by atoms with Crippen molar-refractivity contribution in [1.29, 1.82) is 0 Å². The lowest BCUT2D eigenvalue weighted by Crippen LogP contribution is -2.13. The summed E-state index contributed by atoms with van der Waals surface area (Å²) in [6, 6.07) is 4.17. The van der Waals surface area contributed by atoms with Crippen LogP contribution in [0.3, 0.4) is 0 Å². The van der Waals surface area contributed by atoms with Crippen molar-refractivity contribution in [3.05, 3.63) is 23.3 Å². The maximum atomic E-state index is 5.73. The Balaban J connectivity index is 2.70. The standard InChI is InChI=1S/C13H18O/c1-8(2)11-9-6-7-10(14-9)12(11)13(3,4)5/h6-8H,1-5H3. The minimum atomic E-state index is 0.182. The molecule has 0 aromatic carbocycles. The summed E-state index contributed by atoms with van der Waals surface area (Å²) >= 11 is 0. The minimum absolute atomic E-state index is 0.182. The van der Waals surface area contributed by atoms with E-state index in [-0.39, 0.29) is 5.41 Å². The summed E-state index contributed by atoms with van der Waals surface area (Å²) in [6.45, 7) is 11.2. The molecule has 0 fully saturated rings. The lowest BCUT2D eigenvalue weighted by atomic mass is 9.81. The van der Waals surface area contributed by atoms with Gasteiger partial charge in [0.25, 0.3) is 0 Å². The van der Waals surface area contributed by atoms with Crippen LogP contribution in [0, 0.1) is 0 Å². The van der Waals surface area contributed by atoms with E-state index >= 15 is 0 Å². The summed E-state index contributed by atoms with van der Waals surface area (Å²) in [5, 5.41) is 0. The second-order valence-corrected chi connectivity index (χ2v) is 5.36. The summed E-state index contributed by atoms with van der Waals surface area (Å²) in [4.78, 5) is 0. The first kappa shape index (κ1) is 9.57. The summed E-state index contributed by atoms with van der Waals surface area (Å²) < 4.78 is 5.73. The molecule has 0 saturated carbocycles. The zero-order chi connectivity index (χ0) is 10.5. The molecule has 0 N–H and O–H groups in total. The van der Waals surface area contributed by atoms with E-state index in [2.05, 4.69) is 46.8 Å². The largest absolute Gasteiger partial charge is 0.457 e. The van der Waals surface area contributed by atoms with Crippen LogP contribution < -0.4 is 0 Å². The fourth-order valence-corrected chi connectivity index (χ4v) is 2.22. The fraction of sp³-hybridized carbons (Fsp3) is 0.538. The van der Waals surface area contributed by atoms with Crippen molar-refractivity contribution in [2.75, 3.05) is 0 Å². The molecular formula is C13H18O. The van der Waals surface area contributed by atoms with E-state index in [9.17, 15) is 0 Å². The van der Waals surface area contributed by atoms with Gasteiger partial charge in [-0.05, 0) is 23.5 Å². The topological polar surface area (TPSA) is 13.1 Å². The van der Waals surface area contributed by atoms with Gasteiger partial charge < -0.3 is 4.42 Å². The monoisotopic (exact) mass is 190 g/mol. The van der Waals surface area contributed by atoms with E-state index < -0.39 is 0 Å². The first-order chi connectivity index (χ1) is 6.41. The number of rotatable bonds is 1. The van der Waals surface area contributed by atoms with E-state index in [1.165, 1.54) is 11.1 Å². The second-order valence-electron chi connectivity index (χ2n) is 5.36. The number of fused-ring (bicyclic) bond motifs is 2. The van der Waals surface area contributed by atoms with E-state index in [1.807, 2.05) is 0 Å². The third-order valence-electron chi connectivity index (χ3n) is 2.71. The lowest BCUT2D eigenvalue weighted by molar-refractivity contribution is 0.578. The van der Waals surface area contributed by atoms with Crippen LogP contribution in [0.4, 0.5) is 0 Å². The summed E-state index contributed by atoms with van der Waals surface area (Å²) in [7, 11) is 0. The third-order valence-corrected chi connectivity index (χ3v) is 2.71. The first-order valence-corrected chi connectivity index (χ1v) is 5.26. The van der Waals surface area contributed by atoms with Gasteiger partial charge in [-0.1, -0.05) is 34.6 Å². The molecule has 0 saturated heterocycles. The molecule has 0 aliphatic carbocycles. The Labute approximate surface area is 85.4 Å². The molecule has 0 aliphatic rings. The van der Waals surface area contributed by atoms with E-state index in [4.69, 9.17) is 4.42 Å². The Kier molecular flexibility index (Phi) is 1.88. The van der Waals surface area contributed by atoms with Gasteiger partial charge in [0.05, 0.1) is 0 Å². The van der Waals surface area contributed by atoms with Crippen molar-refractivity contribution in [3.63, 3.8) is 0 Å². The molecule has 76 valence electrons. The average Bonchev–Trinajstić information content (AvgIpc) is 2.58. The van der Waals surface area contributed by atoms with Gasteiger partial charge in [0, 0.05) is 11.1 Å². The molecule has 2 bridgehead atoms. The lowest BCUT2D eigenvalue weighted by Gasteiger charge is -2.21. The van der Waals surface area contributed by atoms with Crippen LogP contribution in [0.25, 0.3) is 11.2 Å². The molecule has 14 heavy (non-hydrogen) atoms. The van der Waals surface area contributed by atoms with Gasteiger partial charge >= 0.3 is 0 Å². The normalized spacial score (nSPS) is 13.3. The van der Waals surface area contributed by atoms with Gasteiger partial charge in [-0.3, -0.25) is 0 Å². The van der Waals surface area contributed by atoms with E-state index in [1.54, 1.807) is 0 Å². The smallest absolute Gasteiger partial charge is 0.131 e. The zero-order valence-electron chi connectivity index (χ0n) is 9.64. The predicted molar refractivity (Wildman–Crippen MR) is 60.2 cm³/mol. The molecule has 0 aliphatic heterocycles. The van der Waals surface area contributed by atoms with Gasteiger partial charge in [0.1, 0.15) is 11.2 Å². The van der Waals surface area contributed by atoms with Crippen molar-refractivity contribution in [3.8, 4) is 0 Å². The molecule has 2 rings (SSSR count). The summed E-state index contributed by atoms with van der Waals surface area (Å²) in [5.74, 6) is 0.543. The van der Waals surface area contributed by atoms with Crippen molar-refractivity contribution < 1.29 is 4.42 Å². The Morgan fingerprint density at radius 3 is 2.07 bits per heavy atom. The highest BCUT2D eigenvalue weighted by Crippen LogP contribution is 2.40. The maximum Gasteiger partial charge on any atom is 0.131 e. The van der Waals surface area contributed by atoms with Crippen LogP contribution in [-0.4, -0.2) is 0 Å². The Bertz CT molecular complexity index is 429. The van der Waals surface area contributed by atoms with E-state index in [0.29, 0.717) is 5.92 Å². The first-order valence-electron chi connectivity index (χ1n) is 5.26. The number of furan rings is 2. The van der Waals surface area contributed by atoms with Crippen LogP contribution in [0.2, 0.25) is 0 Å². The van der Waals surface area contributed by atoms with E-state index in [0.717, 1.165) is 11.2 Å². The fourth-order valence-electron chi connectivity index (χ4n) is 2.22. The Hall–Kier alpha value is -0.980. The maximum absolute atomic E-state index is 5.73. The molecule has 1 nitrogen and oxygen atoms in total. The molecule has 2 aromatic rings. The van der Waals surface area contributed by atoms with Gasteiger partial charge in [-0.15, -0.1) is 0 Å². The zero-order valence-corrected chi connectivity index (χ0v) is 9.64. The SMILES string of the molecule is CC(C)c1c(C(C)(C)C)c2ccc1o2. The van der Waals surface area contributed by atoms with Gasteiger partial charge in [0.2, 0.25) is 0 Å². The number of hydrogen-bond acceptors (Lipinski definition) is 1. The third kappa shape index (κ3) is 1.23. The molecule has 1 heteroatoms.